The third-order valence-electron chi connectivity index (χ3n) is 6.11. The number of Topliss-reactive ketones (excluding diaryl/α,β-unsaturated/α-hetero) is 1. The zero-order chi connectivity index (χ0) is 24.0. The Labute approximate surface area is 197 Å². The van der Waals surface area contributed by atoms with Crippen LogP contribution in [-0.4, -0.2) is 35.1 Å². The molecule has 2 atom stereocenters. The van der Waals surface area contributed by atoms with E-state index in [0.29, 0.717) is 44.1 Å². The van der Waals surface area contributed by atoms with Crippen molar-refractivity contribution < 1.29 is 9.59 Å². The van der Waals surface area contributed by atoms with Crippen LogP contribution in [0.3, 0.4) is 0 Å². The van der Waals surface area contributed by atoms with Gasteiger partial charge in [0.25, 0.3) is 0 Å². The summed E-state index contributed by atoms with van der Waals surface area (Å²) in [5.41, 5.74) is 8.58. The van der Waals surface area contributed by atoms with Gasteiger partial charge in [-0.2, -0.15) is 0 Å². The lowest BCUT2D eigenvalue weighted by atomic mass is 9.76. The fourth-order valence-electron chi connectivity index (χ4n) is 4.63. The second-order valence-corrected chi connectivity index (χ2v) is 9.76. The smallest absolute Gasteiger partial charge is 0.317 e. The molecule has 0 radical (unpaired) electrons. The van der Waals surface area contributed by atoms with Crippen molar-refractivity contribution in [1.29, 1.82) is 0 Å². The molecule has 2 aromatic carbocycles. The SMILES string of the molecule is CC(C)CC1(C)N=C(N)CC(Cc2ccc(CNC(=O)N(C)Cc3ccccc3)cc2)C1=O. The number of nitrogens with zero attached hydrogens (tertiary/aromatic N) is 2. The van der Waals surface area contributed by atoms with Crippen molar-refractivity contribution in [2.75, 3.05) is 7.05 Å². The Morgan fingerprint density at radius 1 is 1.12 bits per heavy atom. The number of amidine groups is 1. The summed E-state index contributed by atoms with van der Waals surface area (Å²) >= 11 is 0. The van der Waals surface area contributed by atoms with Crippen molar-refractivity contribution in [1.82, 2.24) is 10.2 Å². The molecule has 3 rings (SSSR count). The van der Waals surface area contributed by atoms with Gasteiger partial charge in [-0.1, -0.05) is 68.4 Å². The summed E-state index contributed by atoms with van der Waals surface area (Å²) in [7, 11) is 1.79. The van der Waals surface area contributed by atoms with E-state index in [1.54, 1.807) is 11.9 Å². The molecule has 3 N–H and O–H groups in total. The van der Waals surface area contributed by atoms with E-state index in [1.807, 2.05) is 61.5 Å². The van der Waals surface area contributed by atoms with Gasteiger partial charge in [0.1, 0.15) is 5.54 Å². The third kappa shape index (κ3) is 6.67. The number of benzene rings is 2. The first-order chi connectivity index (χ1) is 15.7. The number of carbonyl (C=O) groups is 2. The van der Waals surface area contributed by atoms with Crippen molar-refractivity contribution in [2.24, 2.45) is 22.6 Å². The molecule has 0 spiro atoms. The van der Waals surface area contributed by atoms with E-state index in [2.05, 4.69) is 24.2 Å². The van der Waals surface area contributed by atoms with Gasteiger partial charge in [0.2, 0.25) is 0 Å². The zero-order valence-electron chi connectivity index (χ0n) is 20.2. The summed E-state index contributed by atoms with van der Waals surface area (Å²) in [6.45, 7) is 7.13. The van der Waals surface area contributed by atoms with Crippen LogP contribution in [0.2, 0.25) is 0 Å². The van der Waals surface area contributed by atoms with Crippen LogP contribution in [0.15, 0.2) is 59.6 Å². The summed E-state index contributed by atoms with van der Waals surface area (Å²) in [6, 6.07) is 17.9. The number of hydrogen-bond donors (Lipinski definition) is 2. The van der Waals surface area contributed by atoms with Crippen LogP contribution in [0.5, 0.6) is 0 Å². The molecule has 6 nitrogen and oxygen atoms in total. The van der Waals surface area contributed by atoms with E-state index in [-0.39, 0.29) is 17.7 Å². The molecular weight excluding hydrogens is 412 g/mol. The van der Waals surface area contributed by atoms with Crippen LogP contribution in [-0.2, 0) is 24.3 Å². The predicted molar refractivity (Wildman–Crippen MR) is 133 cm³/mol. The number of urea groups is 1. The van der Waals surface area contributed by atoms with Crippen LogP contribution >= 0.6 is 0 Å². The topological polar surface area (TPSA) is 87.8 Å². The number of nitrogens with two attached hydrogens (primary N) is 1. The molecule has 1 aliphatic heterocycles. The Morgan fingerprint density at radius 3 is 2.39 bits per heavy atom. The summed E-state index contributed by atoms with van der Waals surface area (Å²) in [6.07, 6.45) is 1.87. The minimum absolute atomic E-state index is 0.116. The number of amides is 2. The second-order valence-electron chi connectivity index (χ2n) is 9.76. The minimum Gasteiger partial charge on any atom is -0.387 e. The van der Waals surface area contributed by atoms with Gasteiger partial charge in [0.05, 0.1) is 5.84 Å². The lowest BCUT2D eigenvalue weighted by molar-refractivity contribution is -0.128. The number of ketones is 1. The molecule has 0 fully saturated rings. The molecule has 0 aliphatic carbocycles. The standard InChI is InChI=1S/C27H36N4O2/c1-19(2)16-27(3)25(32)23(15-24(28)30-27)14-20-10-12-21(13-11-20)17-29-26(33)31(4)18-22-8-6-5-7-9-22/h5-13,19,23H,14-18H2,1-4H3,(H2,28,30)(H,29,33). The van der Waals surface area contributed by atoms with Gasteiger partial charge in [-0.05, 0) is 42.4 Å². The number of hydrogen-bond acceptors (Lipinski definition) is 4. The Balaban J connectivity index is 1.54. The van der Waals surface area contributed by atoms with Gasteiger partial charge in [0.15, 0.2) is 5.78 Å². The second kappa shape index (κ2) is 10.6. The van der Waals surface area contributed by atoms with E-state index in [1.165, 1.54) is 0 Å². The monoisotopic (exact) mass is 448 g/mol. The van der Waals surface area contributed by atoms with E-state index >= 15 is 0 Å². The van der Waals surface area contributed by atoms with E-state index in [0.717, 1.165) is 16.7 Å². The highest BCUT2D eigenvalue weighted by Gasteiger charge is 2.41. The first-order valence-electron chi connectivity index (χ1n) is 11.7. The van der Waals surface area contributed by atoms with Gasteiger partial charge in [-0.15, -0.1) is 0 Å². The van der Waals surface area contributed by atoms with Gasteiger partial charge in [0, 0.05) is 32.5 Å². The van der Waals surface area contributed by atoms with Crippen molar-refractivity contribution in [3.05, 3.63) is 71.3 Å². The first kappa shape index (κ1) is 24.5. The van der Waals surface area contributed by atoms with Gasteiger partial charge in [-0.3, -0.25) is 9.79 Å². The van der Waals surface area contributed by atoms with Crippen LogP contribution in [0.4, 0.5) is 4.79 Å². The van der Waals surface area contributed by atoms with Crippen molar-refractivity contribution >= 4 is 17.6 Å². The minimum atomic E-state index is -0.725. The van der Waals surface area contributed by atoms with Gasteiger partial charge in [-0.25, -0.2) is 4.79 Å². The average molecular weight is 449 g/mol. The highest BCUT2D eigenvalue weighted by Crippen LogP contribution is 2.32. The van der Waals surface area contributed by atoms with Crippen molar-refractivity contribution in [3.8, 4) is 0 Å². The molecule has 176 valence electrons. The van der Waals surface area contributed by atoms with Gasteiger partial charge >= 0.3 is 6.03 Å². The van der Waals surface area contributed by atoms with Crippen LogP contribution < -0.4 is 11.1 Å². The molecule has 33 heavy (non-hydrogen) atoms. The fraction of sp³-hybridized carbons (Fsp3) is 0.444. The van der Waals surface area contributed by atoms with Crippen LogP contribution in [0, 0.1) is 11.8 Å². The van der Waals surface area contributed by atoms with Crippen LogP contribution in [0.1, 0.15) is 50.3 Å². The van der Waals surface area contributed by atoms with Crippen molar-refractivity contribution in [2.45, 2.75) is 58.7 Å². The lowest BCUT2D eigenvalue weighted by Crippen LogP contribution is -2.47. The van der Waals surface area contributed by atoms with E-state index < -0.39 is 5.54 Å². The summed E-state index contributed by atoms with van der Waals surface area (Å²) in [5, 5.41) is 2.96. The molecule has 1 aliphatic rings. The highest BCUT2D eigenvalue weighted by atomic mass is 16.2. The molecule has 2 unspecified atom stereocenters. The molecule has 1 heterocycles. The number of nitrogens with one attached hydrogen (secondary N) is 1. The molecule has 0 saturated heterocycles. The van der Waals surface area contributed by atoms with E-state index in [4.69, 9.17) is 5.73 Å². The Hall–Kier alpha value is -3.15. The number of aliphatic imine (C=N–C) groups is 1. The summed E-state index contributed by atoms with van der Waals surface area (Å²) in [5.74, 6) is 0.976. The Kier molecular flexibility index (Phi) is 7.90. The third-order valence-corrected chi connectivity index (χ3v) is 6.11. The van der Waals surface area contributed by atoms with E-state index in [9.17, 15) is 9.59 Å². The first-order valence-corrected chi connectivity index (χ1v) is 11.7. The molecule has 0 aromatic heterocycles. The molecule has 0 bridgehead atoms. The molecular formula is C27H36N4O2. The number of carbonyl (C=O) groups excluding carboxylic acids is 2. The highest BCUT2D eigenvalue weighted by molar-refractivity contribution is 5.99. The quantitative estimate of drug-likeness (QED) is 0.630. The molecule has 2 amide bonds. The van der Waals surface area contributed by atoms with Crippen LogP contribution in [0.25, 0.3) is 0 Å². The predicted octanol–water partition coefficient (Wildman–Crippen LogP) is 4.32. The average Bonchev–Trinajstić information content (AvgIpc) is 2.76. The largest absolute Gasteiger partial charge is 0.387 e. The fourth-order valence-corrected chi connectivity index (χ4v) is 4.63. The normalized spacial score (nSPS) is 20.5. The lowest BCUT2D eigenvalue weighted by Gasteiger charge is -2.34. The maximum atomic E-state index is 13.2. The van der Waals surface area contributed by atoms with Crippen molar-refractivity contribution in [3.63, 3.8) is 0 Å². The summed E-state index contributed by atoms with van der Waals surface area (Å²) < 4.78 is 0. The maximum Gasteiger partial charge on any atom is 0.317 e. The Morgan fingerprint density at radius 2 is 1.76 bits per heavy atom. The number of rotatable bonds is 8. The van der Waals surface area contributed by atoms with Gasteiger partial charge < -0.3 is 16.0 Å². The molecule has 2 aromatic rings. The molecule has 6 heteroatoms. The Bertz CT molecular complexity index is 985. The summed E-state index contributed by atoms with van der Waals surface area (Å²) in [4.78, 5) is 31.8. The zero-order valence-corrected chi connectivity index (χ0v) is 20.2. The maximum absolute atomic E-state index is 13.2. The molecule has 0 saturated carbocycles.